The minimum Gasteiger partial charge on any atom is -0.394 e. The molecule has 5 heterocycles. The number of hydrogen-bond acceptors (Lipinski definition) is 9. The molecule has 172 valence electrons. The summed E-state index contributed by atoms with van der Waals surface area (Å²) in [6, 6.07) is 0. The Hall–Kier alpha value is -2.87. The fourth-order valence-electron chi connectivity index (χ4n) is 4.48. The number of ether oxygens (including phenoxy) is 2. The highest BCUT2D eigenvalue weighted by Gasteiger charge is 2.45. The van der Waals surface area contributed by atoms with E-state index < -0.39 is 36.3 Å². The summed E-state index contributed by atoms with van der Waals surface area (Å²) >= 11 is 0. The van der Waals surface area contributed by atoms with Crippen LogP contribution in [0.3, 0.4) is 0 Å². The van der Waals surface area contributed by atoms with Gasteiger partial charge in [0.05, 0.1) is 19.3 Å². The molecular weight excluding hydrogens is 422 g/mol. The van der Waals surface area contributed by atoms with Crippen LogP contribution in [0.2, 0.25) is 0 Å². The van der Waals surface area contributed by atoms with E-state index >= 15 is 0 Å². The van der Waals surface area contributed by atoms with E-state index in [1.165, 1.54) is 7.05 Å². The van der Waals surface area contributed by atoms with Crippen LogP contribution in [0, 0.1) is 0 Å². The SMILES string of the molecule is Cn1c(=O)c2nc(-c3cn(C[C@@H]4OC(C)(C)O[C@H]4[C@H](O)CO)nn3)n3c2n(c1=O)CCC3. The molecule has 0 radical (unpaired) electrons. The Morgan fingerprint density at radius 1 is 1.25 bits per heavy atom. The number of aliphatic hydroxyl groups excluding tert-OH is 2. The minimum absolute atomic E-state index is 0.219. The molecule has 5 rings (SSSR count). The first kappa shape index (κ1) is 21.0. The van der Waals surface area contributed by atoms with Gasteiger partial charge in [0.2, 0.25) is 0 Å². The van der Waals surface area contributed by atoms with Gasteiger partial charge < -0.3 is 24.3 Å². The second-order valence-electron chi connectivity index (χ2n) is 8.63. The van der Waals surface area contributed by atoms with Crippen LogP contribution in [0.25, 0.3) is 22.7 Å². The molecule has 13 nitrogen and oxygen atoms in total. The molecular formula is C19H25N7O6. The van der Waals surface area contributed by atoms with E-state index in [4.69, 9.17) is 9.47 Å². The fourth-order valence-corrected chi connectivity index (χ4v) is 4.48. The summed E-state index contributed by atoms with van der Waals surface area (Å²) in [6.45, 7) is 4.36. The Bertz CT molecular complexity index is 1300. The van der Waals surface area contributed by atoms with Gasteiger partial charge in [-0.05, 0) is 20.3 Å². The van der Waals surface area contributed by atoms with Gasteiger partial charge in [-0.1, -0.05) is 5.21 Å². The number of hydrogen-bond donors (Lipinski definition) is 2. The Kier molecular flexibility index (Phi) is 4.81. The van der Waals surface area contributed by atoms with Crippen LogP contribution in [0.5, 0.6) is 0 Å². The molecule has 0 aromatic carbocycles. The van der Waals surface area contributed by atoms with Crippen LogP contribution in [0.15, 0.2) is 15.8 Å². The van der Waals surface area contributed by atoms with Gasteiger partial charge in [-0.3, -0.25) is 13.9 Å². The summed E-state index contributed by atoms with van der Waals surface area (Å²) in [7, 11) is 1.44. The number of imidazole rings is 1. The van der Waals surface area contributed by atoms with Gasteiger partial charge in [0.15, 0.2) is 22.8 Å². The van der Waals surface area contributed by atoms with Crippen LogP contribution in [-0.4, -0.2) is 74.6 Å². The van der Waals surface area contributed by atoms with Crippen molar-refractivity contribution in [2.45, 2.75) is 64.0 Å². The first-order valence-corrected chi connectivity index (χ1v) is 10.5. The zero-order chi connectivity index (χ0) is 22.8. The van der Waals surface area contributed by atoms with Crippen molar-refractivity contribution in [1.29, 1.82) is 0 Å². The highest BCUT2D eigenvalue weighted by atomic mass is 16.8. The lowest BCUT2D eigenvalue weighted by molar-refractivity contribution is -0.157. The van der Waals surface area contributed by atoms with Crippen molar-refractivity contribution in [3.8, 4) is 11.5 Å². The number of rotatable bonds is 5. The maximum Gasteiger partial charge on any atom is 0.332 e. The van der Waals surface area contributed by atoms with E-state index in [1.54, 1.807) is 29.3 Å². The highest BCUT2D eigenvalue weighted by molar-refractivity contribution is 5.76. The zero-order valence-corrected chi connectivity index (χ0v) is 18.0. The van der Waals surface area contributed by atoms with Crippen molar-refractivity contribution in [2.24, 2.45) is 7.05 Å². The van der Waals surface area contributed by atoms with Crippen molar-refractivity contribution < 1.29 is 19.7 Å². The van der Waals surface area contributed by atoms with Crippen LogP contribution >= 0.6 is 0 Å². The van der Waals surface area contributed by atoms with Gasteiger partial charge in [-0.2, -0.15) is 0 Å². The molecule has 0 unspecified atom stereocenters. The molecule has 1 saturated heterocycles. The third-order valence-electron chi connectivity index (χ3n) is 5.91. The summed E-state index contributed by atoms with van der Waals surface area (Å²) < 4.78 is 17.6. The van der Waals surface area contributed by atoms with Crippen molar-refractivity contribution in [3.63, 3.8) is 0 Å². The van der Waals surface area contributed by atoms with Crippen molar-refractivity contribution in [1.82, 2.24) is 33.7 Å². The average Bonchev–Trinajstić information content (AvgIpc) is 3.45. The van der Waals surface area contributed by atoms with Gasteiger partial charge in [-0.15, -0.1) is 5.10 Å². The first-order valence-electron chi connectivity index (χ1n) is 10.5. The third kappa shape index (κ3) is 3.20. The Morgan fingerprint density at radius 2 is 2.00 bits per heavy atom. The van der Waals surface area contributed by atoms with Crippen LogP contribution in [-0.2, 0) is 36.2 Å². The normalized spacial score (nSPS) is 23.2. The van der Waals surface area contributed by atoms with E-state index in [9.17, 15) is 19.8 Å². The summed E-state index contributed by atoms with van der Waals surface area (Å²) in [6.07, 6.45) is 0.0105. The summed E-state index contributed by atoms with van der Waals surface area (Å²) in [5, 5.41) is 27.8. The lowest BCUT2D eigenvalue weighted by Crippen LogP contribution is -2.40. The summed E-state index contributed by atoms with van der Waals surface area (Å²) in [5.74, 6) is -0.456. The Labute approximate surface area is 181 Å². The molecule has 0 spiro atoms. The predicted molar refractivity (Wildman–Crippen MR) is 110 cm³/mol. The second-order valence-corrected chi connectivity index (χ2v) is 8.63. The van der Waals surface area contributed by atoms with Gasteiger partial charge in [0.25, 0.3) is 5.56 Å². The topological polar surface area (TPSA) is 151 Å². The molecule has 3 aromatic rings. The number of aromatic nitrogens is 7. The van der Waals surface area contributed by atoms with Crippen molar-refractivity contribution >= 4 is 11.2 Å². The summed E-state index contributed by atoms with van der Waals surface area (Å²) in [4.78, 5) is 29.6. The second kappa shape index (κ2) is 7.33. The third-order valence-corrected chi connectivity index (χ3v) is 5.91. The van der Waals surface area contributed by atoms with E-state index in [1.807, 2.05) is 4.57 Å². The molecule has 2 aliphatic rings. The number of aliphatic hydroxyl groups is 2. The van der Waals surface area contributed by atoms with Crippen molar-refractivity contribution in [3.05, 3.63) is 27.0 Å². The Morgan fingerprint density at radius 3 is 2.75 bits per heavy atom. The molecule has 2 N–H and O–H groups in total. The minimum atomic E-state index is -1.10. The van der Waals surface area contributed by atoms with E-state index in [-0.39, 0.29) is 17.8 Å². The predicted octanol–water partition coefficient (Wildman–Crippen LogP) is -1.57. The fraction of sp³-hybridized carbons (Fsp3) is 0.632. The zero-order valence-electron chi connectivity index (χ0n) is 18.0. The molecule has 0 amide bonds. The molecule has 0 aliphatic carbocycles. The molecule has 13 heteroatoms. The average molecular weight is 447 g/mol. The molecule has 0 saturated carbocycles. The lowest BCUT2D eigenvalue weighted by atomic mass is 10.1. The van der Waals surface area contributed by atoms with E-state index in [2.05, 4.69) is 15.3 Å². The maximum absolute atomic E-state index is 12.6. The first-order chi connectivity index (χ1) is 15.2. The lowest BCUT2D eigenvalue weighted by Gasteiger charge is -2.20. The molecule has 1 fully saturated rings. The Balaban J connectivity index is 1.51. The standard InChI is InChI=1S/C19H25N7O6/c1-19(2)31-12(14(32-19)11(28)9-27)8-24-7-10(21-22-24)15-20-13-16-25(15)5-4-6-26(16)18(30)23(3)17(13)29/h7,11-12,14,27-28H,4-6,8-9H2,1-3H3/t11-,12+,14+/m1/s1. The highest BCUT2D eigenvalue weighted by Crippen LogP contribution is 2.31. The molecule has 32 heavy (non-hydrogen) atoms. The largest absolute Gasteiger partial charge is 0.394 e. The number of nitrogens with zero attached hydrogens (tertiary/aromatic N) is 7. The van der Waals surface area contributed by atoms with Crippen LogP contribution in [0.1, 0.15) is 20.3 Å². The van der Waals surface area contributed by atoms with Gasteiger partial charge in [0.1, 0.15) is 24.0 Å². The smallest absolute Gasteiger partial charge is 0.332 e. The van der Waals surface area contributed by atoms with Crippen LogP contribution < -0.4 is 11.2 Å². The van der Waals surface area contributed by atoms with E-state index in [0.29, 0.717) is 30.3 Å². The summed E-state index contributed by atoms with van der Waals surface area (Å²) in [5.41, 5.74) is 0.343. The maximum atomic E-state index is 12.6. The van der Waals surface area contributed by atoms with Gasteiger partial charge in [0, 0.05) is 20.1 Å². The van der Waals surface area contributed by atoms with Crippen molar-refractivity contribution in [2.75, 3.05) is 6.61 Å². The quantitative estimate of drug-likeness (QED) is 0.473. The molecule has 3 atom stereocenters. The molecule has 2 aliphatic heterocycles. The molecule has 0 bridgehead atoms. The van der Waals surface area contributed by atoms with Gasteiger partial charge >= 0.3 is 5.69 Å². The van der Waals surface area contributed by atoms with E-state index in [0.717, 1.165) is 11.0 Å². The number of aryl methyl sites for hydroxylation is 2. The van der Waals surface area contributed by atoms with Gasteiger partial charge in [-0.25, -0.2) is 14.5 Å². The molecule has 3 aromatic heterocycles. The van der Waals surface area contributed by atoms with Crippen LogP contribution in [0.4, 0.5) is 0 Å². The monoisotopic (exact) mass is 447 g/mol.